The summed E-state index contributed by atoms with van der Waals surface area (Å²) in [4.78, 5) is 4.35. The largest absolute Gasteiger partial charge is 0.397 e. The molecule has 1 fully saturated rings. The summed E-state index contributed by atoms with van der Waals surface area (Å²) in [6.07, 6.45) is 7.48. The van der Waals surface area contributed by atoms with Crippen molar-refractivity contribution in [3.63, 3.8) is 0 Å². The van der Waals surface area contributed by atoms with Crippen molar-refractivity contribution in [2.45, 2.75) is 44.4 Å². The highest BCUT2D eigenvalue weighted by Gasteiger charge is 2.19. The predicted molar refractivity (Wildman–Crippen MR) is 68.5 cm³/mol. The lowest BCUT2D eigenvalue weighted by molar-refractivity contribution is 0.580. The van der Waals surface area contributed by atoms with E-state index in [0.717, 1.165) is 18.5 Å². The van der Waals surface area contributed by atoms with Gasteiger partial charge in [0, 0.05) is 5.92 Å². The van der Waals surface area contributed by atoms with Crippen LogP contribution in [0.2, 0.25) is 5.15 Å². The first-order valence-corrected chi connectivity index (χ1v) is 6.27. The fourth-order valence-electron chi connectivity index (χ4n) is 2.42. The first kappa shape index (κ1) is 11.5. The van der Waals surface area contributed by atoms with E-state index in [4.69, 9.17) is 23.1 Å². The lowest BCUT2D eigenvalue weighted by atomic mass is 9.95. The molecule has 1 saturated carbocycles. The van der Waals surface area contributed by atoms with Crippen LogP contribution in [0.4, 0.5) is 11.4 Å². The smallest absolute Gasteiger partial charge is 0.152 e. The van der Waals surface area contributed by atoms with Crippen LogP contribution in [0, 0.1) is 0 Å². The van der Waals surface area contributed by atoms with E-state index >= 15 is 0 Å². The first-order valence-electron chi connectivity index (χ1n) is 5.90. The van der Waals surface area contributed by atoms with Crippen molar-refractivity contribution in [1.29, 1.82) is 0 Å². The monoisotopic (exact) mass is 239 g/mol. The Morgan fingerprint density at radius 3 is 2.31 bits per heavy atom. The second-order valence-corrected chi connectivity index (χ2v) is 4.89. The van der Waals surface area contributed by atoms with Gasteiger partial charge in [-0.25, -0.2) is 4.98 Å². The molecular formula is C12H18ClN3. The van der Waals surface area contributed by atoms with Gasteiger partial charge in [0.1, 0.15) is 0 Å². The van der Waals surface area contributed by atoms with Crippen molar-refractivity contribution in [1.82, 2.24) is 4.98 Å². The zero-order chi connectivity index (χ0) is 11.5. The number of halogens is 1. The Hall–Kier alpha value is -0.960. The van der Waals surface area contributed by atoms with Gasteiger partial charge < -0.3 is 11.5 Å². The Balaban J connectivity index is 2.27. The van der Waals surface area contributed by atoms with E-state index < -0.39 is 0 Å². The highest BCUT2D eigenvalue weighted by atomic mass is 35.5. The number of nitrogen functional groups attached to an aromatic ring is 2. The summed E-state index contributed by atoms with van der Waals surface area (Å²) in [6.45, 7) is 0. The van der Waals surface area contributed by atoms with Crippen LogP contribution < -0.4 is 11.5 Å². The van der Waals surface area contributed by atoms with Gasteiger partial charge in [0.25, 0.3) is 0 Å². The molecule has 1 aliphatic rings. The number of pyridine rings is 1. The summed E-state index contributed by atoms with van der Waals surface area (Å²) >= 11 is 5.95. The van der Waals surface area contributed by atoms with Crippen LogP contribution >= 0.6 is 11.6 Å². The van der Waals surface area contributed by atoms with Gasteiger partial charge >= 0.3 is 0 Å². The number of nitrogens with two attached hydrogens (primary N) is 2. The maximum Gasteiger partial charge on any atom is 0.152 e. The molecule has 0 radical (unpaired) electrons. The molecular weight excluding hydrogens is 222 g/mol. The quantitative estimate of drug-likeness (QED) is 0.584. The van der Waals surface area contributed by atoms with E-state index in [9.17, 15) is 0 Å². The molecule has 0 unspecified atom stereocenters. The molecule has 0 spiro atoms. The van der Waals surface area contributed by atoms with Gasteiger partial charge in [-0.3, -0.25) is 0 Å². The minimum Gasteiger partial charge on any atom is -0.397 e. The normalized spacial score (nSPS) is 18.3. The van der Waals surface area contributed by atoms with Gasteiger partial charge in [-0.05, 0) is 18.9 Å². The SMILES string of the molecule is Nc1cc(N)c(C2CCCCCC2)nc1Cl. The molecule has 88 valence electrons. The van der Waals surface area contributed by atoms with E-state index in [0.29, 0.717) is 22.4 Å². The molecule has 1 aromatic heterocycles. The number of anilines is 2. The van der Waals surface area contributed by atoms with Gasteiger partial charge in [0.2, 0.25) is 0 Å². The number of hydrogen-bond acceptors (Lipinski definition) is 3. The molecule has 1 aromatic rings. The van der Waals surface area contributed by atoms with Crippen molar-refractivity contribution in [3.05, 3.63) is 16.9 Å². The van der Waals surface area contributed by atoms with Crippen LogP contribution in [0.1, 0.15) is 50.1 Å². The lowest BCUT2D eigenvalue weighted by Crippen LogP contribution is -2.07. The predicted octanol–water partition coefficient (Wildman–Crippen LogP) is 3.34. The van der Waals surface area contributed by atoms with Crippen molar-refractivity contribution >= 4 is 23.0 Å². The van der Waals surface area contributed by atoms with Crippen LogP contribution in [0.3, 0.4) is 0 Å². The van der Waals surface area contributed by atoms with Gasteiger partial charge in [-0.1, -0.05) is 37.3 Å². The fourth-order valence-corrected chi connectivity index (χ4v) is 2.56. The summed E-state index contributed by atoms with van der Waals surface area (Å²) in [5.74, 6) is 0.459. The average Bonchev–Trinajstić information content (AvgIpc) is 2.52. The van der Waals surface area contributed by atoms with E-state index in [-0.39, 0.29) is 0 Å². The van der Waals surface area contributed by atoms with Crippen molar-refractivity contribution in [2.24, 2.45) is 0 Å². The Bertz CT molecular complexity index is 371. The van der Waals surface area contributed by atoms with Crippen LogP contribution in [0.5, 0.6) is 0 Å². The summed E-state index contributed by atoms with van der Waals surface area (Å²) in [7, 11) is 0. The Labute approximate surface area is 101 Å². The van der Waals surface area contributed by atoms with Crippen LogP contribution in [-0.2, 0) is 0 Å². The number of nitrogens with zero attached hydrogens (tertiary/aromatic N) is 1. The molecule has 4 N–H and O–H groups in total. The highest BCUT2D eigenvalue weighted by Crippen LogP contribution is 2.35. The first-order chi connectivity index (χ1) is 7.68. The second kappa shape index (κ2) is 4.91. The van der Waals surface area contributed by atoms with Gasteiger partial charge in [0.15, 0.2) is 5.15 Å². The molecule has 1 aliphatic carbocycles. The van der Waals surface area contributed by atoms with E-state index in [1.165, 1.54) is 25.7 Å². The van der Waals surface area contributed by atoms with Crippen molar-refractivity contribution in [2.75, 3.05) is 11.5 Å². The minimum atomic E-state index is 0.383. The molecule has 0 atom stereocenters. The summed E-state index contributed by atoms with van der Waals surface area (Å²) in [6, 6.07) is 1.73. The highest BCUT2D eigenvalue weighted by molar-refractivity contribution is 6.31. The Morgan fingerprint density at radius 2 is 1.69 bits per heavy atom. The fraction of sp³-hybridized carbons (Fsp3) is 0.583. The minimum absolute atomic E-state index is 0.383. The molecule has 0 aromatic carbocycles. The molecule has 0 saturated heterocycles. The zero-order valence-electron chi connectivity index (χ0n) is 9.38. The topological polar surface area (TPSA) is 64.9 Å². The number of rotatable bonds is 1. The van der Waals surface area contributed by atoms with Crippen LogP contribution in [0.15, 0.2) is 6.07 Å². The van der Waals surface area contributed by atoms with Crippen LogP contribution in [0.25, 0.3) is 0 Å². The third-order valence-electron chi connectivity index (χ3n) is 3.31. The second-order valence-electron chi connectivity index (χ2n) is 4.53. The zero-order valence-corrected chi connectivity index (χ0v) is 10.1. The average molecular weight is 240 g/mol. The molecule has 2 rings (SSSR count). The maximum atomic E-state index is 5.97. The summed E-state index contributed by atoms with van der Waals surface area (Å²) in [5, 5.41) is 0.383. The maximum absolute atomic E-state index is 5.97. The van der Waals surface area contributed by atoms with Crippen LogP contribution in [-0.4, -0.2) is 4.98 Å². The van der Waals surface area contributed by atoms with E-state index in [1.807, 2.05) is 0 Å². The molecule has 16 heavy (non-hydrogen) atoms. The van der Waals surface area contributed by atoms with Crippen molar-refractivity contribution in [3.8, 4) is 0 Å². The van der Waals surface area contributed by atoms with Crippen molar-refractivity contribution < 1.29 is 0 Å². The van der Waals surface area contributed by atoms with E-state index in [1.54, 1.807) is 6.07 Å². The third-order valence-corrected chi connectivity index (χ3v) is 3.61. The lowest BCUT2D eigenvalue weighted by Gasteiger charge is -2.16. The van der Waals surface area contributed by atoms with Gasteiger partial charge in [-0.2, -0.15) is 0 Å². The summed E-state index contributed by atoms with van der Waals surface area (Å²) < 4.78 is 0. The third kappa shape index (κ3) is 2.40. The molecule has 0 aliphatic heterocycles. The number of aromatic nitrogens is 1. The van der Waals surface area contributed by atoms with Gasteiger partial charge in [0.05, 0.1) is 17.1 Å². The molecule has 0 bridgehead atoms. The number of hydrogen-bond donors (Lipinski definition) is 2. The standard InChI is InChI=1S/C12H18ClN3/c13-12-10(15)7-9(14)11(16-12)8-5-3-1-2-4-6-8/h7-8H,1-6,14-15H2. The molecule has 4 heteroatoms. The Kier molecular flexibility index (Phi) is 3.54. The molecule has 1 heterocycles. The Morgan fingerprint density at radius 1 is 1.06 bits per heavy atom. The van der Waals surface area contributed by atoms with E-state index in [2.05, 4.69) is 4.98 Å². The molecule has 0 amide bonds. The molecule has 3 nitrogen and oxygen atoms in total. The summed E-state index contributed by atoms with van der Waals surface area (Å²) in [5.41, 5.74) is 13.7. The van der Waals surface area contributed by atoms with Gasteiger partial charge in [-0.15, -0.1) is 0 Å².